The fourth-order valence-electron chi connectivity index (χ4n) is 10.1. The number of hydrogen-bond donors (Lipinski definition) is 3. The molecule has 9 heteroatoms. The molecule has 8 unspecified atom stereocenters. The van der Waals surface area contributed by atoms with Gasteiger partial charge in [0.2, 0.25) is 5.66 Å². The van der Waals surface area contributed by atoms with Crippen LogP contribution in [0.1, 0.15) is 158 Å². The van der Waals surface area contributed by atoms with E-state index in [0.717, 1.165) is 103 Å². The number of aliphatic hydroxyl groups excluding tert-OH is 3. The maximum atomic E-state index is 15.8. The third-order valence-corrected chi connectivity index (χ3v) is 12.6. The third kappa shape index (κ3) is 7.94. The molecule has 0 saturated carbocycles. The molecule has 4 aliphatic rings. The molecule has 9 nitrogen and oxygen atoms in total. The monoisotopic (exact) mass is 693 g/mol. The van der Waals surface area contributed by atoms with Gasteiger partial charge in [-0.25, -0.2) is 4.79 Å². The maximum Gasteiger partial charge on any atom is 0.345 e. The van der Waals surface area contributed by atoms with Gasteiger partial charge in [-0.15, -0.1) is 0 Å². The van der Waals surface area contributed by atoms with E-state index in [1.54, 1.807) is 0 Å². The van der Waals surface area contributed by atoms with Crippen LogP contribution in [0.2, 0.25) is 0 Å². The zero-order chi connectivity index (χ0) is 35.9. The Labute approximate surface area is 300 Å². The molecule has 0 amide bonds. The lowest BCUT2D eigenvalue weighted by Gasteiger charge is -2.46. The van der Waals surface area contributed by atoms with Gasteiger partial charge in [-0.05, 0) is 51.4 Å². The highest BCUT2D eigenvalue weighted by atomic mass is 16.5. The lowest BCUT2D eigenvalue weighted by Crippen LogP contribution is -2.69. The predicted molar refractivity (Wildman–Crippen MR) is 198 cm³/mol. The van der Waals surface area contributed by atoms with Crippen molar-refractivity contribution in [2.75, 3.05) is 26.4 Å². The summed E-state index contributed by atoms with van der Waals surface area (Å²) in [6, 6.07) is 3.03. The Bertz CT molecular complexity index is 899. The van der Waals surface area contributed by atoms with E-state index in [2.05, 4.69) is 75.0 Å². The molecule has 4 fully saturated rings. The van der Waals surface area contributed by atoms with Crippen LogP contribution in [-0.4, -0.2) is 127 Å². The number of esters is 1. The highest BCUT2D eigenvalue weighted by molar-refractivity contribution is 5.83. The van der Waals surface area contributed by atoms with Crippen molar-refractivity contribution in [3.63, 3.8) is 0 Å². The number of aliphatic hydroxyl groups is 3. The fraction of sp³-hybridized carbons (Fsp3) is 0.975. The average Bonchev–Trinajstić information content (AvgIpc) is 4.05. The van der Waals surface area contributed by atoms with Crippen LogP contribution in [0, 0.1) is 5.41 Å². The lowest BCUT2D eigenvalue weighted by atomic mass is 9.92. The van der Waals surface area contributed by atoms with E-state index in [9.17, 15) is 15.3 Å². The number of nitrogens with zero attached hydrogens (tertiary/aromatic N) is 4. The van der Waals surface area contributed by atoms with E-state index in [-0.39, 0.29) is 18.7 Å². The summed E-state index contributed by atoms with van der Waals surface area (Å²) in [5.74, 6) is -0.230. The highest BCUT2D eigenvalue weighted by Crippen LogP contribution is 2.60. The molecule has 0 bridgehead atoms. The van der Waals surface area contributed by atoms with Gasteiger partial charge in [0, 0.05) is 48.3 Å². The van der Waals surface area contributed by atoms with E-state index in [1.165, 1.54) is 0 Å². The zero-order valence-corrected chi connectivity index (χ0v) is 32.8. The summed E-state index contributed by atoms with van der Waals surface area (Å²) in [6.07, 6.45) is 17.4. The van der Waals surface area contributed by atoms with Crippen LogP contribution in [0.25, 0.3) is 0 Å². The molecule has 0 spiro atoms. The first-order chi connectivity index (χ1) is 23.8. The van der Waals surface area contributed by atoms with Crippen LogP contribution in [-0.2, 0) is 9.53 Å². The van der Waals surface area contributed by atoms with Gasteiger partial charge in [0.1, 0.15) is 12.8 Å². The second kappa shape index (κ2) is 18.3. The summed E-state index contributed by atoms with van der Waals surface area (Å²) in [4.78, 5) is 26.6. The summed E-state index contributed by atoms with van der Waals surface area (Å²) in [5.41, 5.74) is -2.29. The van der Waals surface area contributed by atoms with Crippen molar-refractivity contribution in [2.24, 2.45) is 5.41 Å². The van der Waals surface area contributed by atoms with Gasteiger partial charge in [-0.3, -0.25) is 19.6 Å². The lowest BCUT2D eigenvalue weighted by molar-refractivity contribution is -0.181. The van der Waals surface area contributed by atoms with Crippen molar-refractivity contribution < 1.29 is 24.9 Å². The molecule has 4 aliphatic heterocycles. The normalized spacial score (nSPS) is 36.6. The Hall–Kier alpha value is -0.810. The largest absolute Gasteiger partial charge is 0.462 e. The molecule has 8 atom stereocenters. The molecule has 3 N–H and O–H groups in total. The molecular formula is C40H76N4O5. The summed E-state index contributed by atoms with van der Waals surface area (Å²) >= 11 is 0. The molecule has 49 heavy (non-hydrogen) atoms. The van der Waals surface area contributed by atoms with Crippen LogP contribution in [0.15, 0.2) is 0 Å². The standard InChI is InChI=1S/C40H76N4O5/c1-9-17-29-30(18-10-2)41(29)37(42-31(19-11-3)32(42)20-12-4)40(43-33(21-13-5)34(43)22-14-6,44-35(23-15-7)36(44)24-16-8)38(48)49-28-39(25-45,26-46)27-47/h29-37,45-47H,9-28H2,1-8H3. The first-order valence-corrected chi connectivity index (χ1v) is 20.9. The minimum atomic E-state index is -1.28. The number of carbonyl (C=O) groups is 1. The summed E-state index contributed by atoms with van der Waals surface area (Å²) < 4.78 is 6.52. The highest BCUT2D eigenvalue weighted by Gasteiger charge is 2.79. The Morgan fingerprint density at radius 1 is 0.510 bits per heavy atom. The van der Waals surface area contributed by atoms with E-state index >= 15 is 4.79 Å². The van der Waals surface area contributed by atoms with Gasteiger partial charge in [0.25, 0.3) is 0 Å². The minimum Gasteiger partial charge on any atom is -0.462 e. The Balaban J connectivity index is 1.98. The van der Waals surface area contributed by atoms with Crippen molar-refractivity contribution in [1.82, 2.24) is 19.6 Å². The second-order valence-corrected chi connectivity index (χ2v) is 16.2. The first kappa shape index (κ1) is 41.0. The SMILES string of the molecule is CCCC1C(CCC)N1C(N1C(CCC)C1CCC)C(C(=O)OCC(CO)(CO)CO)(N1C(CCC)C1CCC)N1C(CCC)C1CCC. The van der Waals surface area contributed by atoms with Crippen molar-refractivity contribution in [1.29, 1.82) is 0 Å². The smallest absolute Gasteiger partial charge is 0.345 e. The topological polar surface area (TPSA) is 99.0 Å². The van der Waals surface area contributed by atoms with Gasteiger partial charge in [-0.2, -0.15) is 0 Å². The molecule has 0 aliphatic carbocycles. The van der Waals surface area contributed by atoms with E-state index in [0.29, 0.717) is 48.3 Å². The number of ether oxygens (including phenoxy) is 1. The fourth-order valence-corrected chi connectivity index (χ4v) is 10.1. The van der Waals surface area contributed by atoms with Crippen LogP contribution in [0.4, 0.5) is 0 Å². The average molecular weight is 693 g/mol. The van der Waals surface area contributed by atoms with Gasteiger partial charge < -0.3 is 20.1 Å². The molecule has 4 saturated heterocycles. The summed E-state index contributed by atoms with van der Waals surface area (Å²) in [5, 5.41) is 30.9. The van der Waals surface area contributed by atoms with Gasteiger partial charge in [0.05, 0.1) is 25.2 Å². The van der Waals surface area contributed by atoms with E-state index in [1.807, 2.05) is 0 Å². The maximum absolute atomic E-state index is 15.8. The van der Waals surface area contributed by atoms with E-state index in [4.69, 9.17) is 4.74 Å². The summed E-state index contributed by atoms with van der Waals surface area (Å²) in [6.45, 7) is 16.7. The molecule has 0 radical (unpaired) electrons. The molecule has 0 aromatic carbocycles. The second-order valence-electron chi connectivity index (χ2n) is 16.2. The minimum absolute atomic E-state index is 0.129. The van der Waals surface area contributed by atoms with Crippen molar-refractivity contribution in [3.05, 3.63) is 0 Å². The number of rotatable bonds is 27. The molecular weight excluding hydrogens is 616 g/mol. The van der Waals surface area contributed by atoms with Gasteiger partial charge in [-0.1, -0.05) is 107 Å². The van der Waals surface area contributed by atoms with Crippen molar-refractivity contribution in [3.8, 4) is 0 Å². The van der Waals surface area contributed by atoms with Crippen LogP contribution in [0.3, 0.4) is 0 Å². The Morgan fingerprint density at radius 2 is 0.776 bits per heavy atom. The van der Waals surface area contributed by atoms with Crippen LogP contribution < -0.4 is 0 Å². The quantitative estimate of drug-likeness (QED) is 0.0694. The van der Waals surface area contributed by atoms with Crippen molar-refractivity contribution in [2.45, 2.75) is 218 Å². The summed E-state index contributed by atoms with van der Waals surface area (Å²) in [7, 11) is 0. The van der Waals surface area contributed by atoms with Crippen LogP contribution >= 0.6 is 0 Å². The molecule has 4 rings (SSSR count). The first-order valence-electron chi connectivity index (χ1n) is 20.9. The predicted octanol–water partition coefficient (Wildman–Crippen LogP) is 6.13. The van der Waals surface area contributed by atoms with Gasteiger partial charge >= 0.3 is 5.97 Å². The molecule has 0 aromatic rings. The number of carbonyl (C=O) groups excluding carboxylic acids is 1. The molecule has 286 valence electrons. The van der Waals surface area contributed by atoms with E-state index < -0.39 is 30.9 Å². The zero-order valence-electron chi connectivity index (χ0n) is 32.8. The Kier molecular flexibility index (Phi) is 15.3. The molecule has 0 aromatic heterocycles. The Morgan fingerprint density at radius 3 is 1.02 bits per heavy atom. The molecule has 4 heterocycles. The number of hydrogen-bond acceptors (Lipinski definition) is 9. The van der Waals surface area contributed by atoms with Gasteiger partial charge in [0.15, 0.2) is 0 Å². The van der Waals surface area contributed by atoms with Crippen LogP contribution in [0.5, 0.6) is 0 Å². The third-order valence-electron chi connectivity index (χ3n) is 12.6. The van der Waals surface area contributed by atoms with Crippen molar-refractivity contribution >= 4 is 5.97 Å².